The lowest BCUT2D eigenvalue weighted by Crippen LogP contribution is -2.56. The molecule has 1 saturated carbocycles. The van der Waals surface area contributed by atoms with Gasteiger partial charge in [0.05, 0.1) is 0 Å². The number of fused-ring (bicyclic) bond motifs is 5. The molecule has 3 aliphatic carbocycles. The van der Waals surface area contributed by atoms with Crippen molar-refractivity contribution < 1.29 is 0 Å². The van der Waals surface area contributed by atoms with Crippen LogP contribution >= 0.6 is 0 Å². The summed E-state index contributed by atoms with van der Waals surface area (Å²) in [7, 11) is 0. The maximum Gasteiger partial charge on any atom is 0.0494 e. The number of rotatable bonds is 2. The standard InChI is InChI=1S/C41H49N/c1-28-18-23-32-34(27-28)37(33-16-11-10-15-31(33)36(32)29-19-21-30(22-20-29)38(2,3)4)42-40(6)25-12-8-9-17-35(40)39(5)24-13-14-26-41(39,42)7/h8-12,15-23,28,35H,13-14,24-27H2,1-7H3. The summed E-state index contributed by atoms with van der Waals surface area (Å²) >= 11 is 0. The first-order valence-corrected chi connectivity index (χ1v) is 16.5. The Hall–Kier alpha value is -3.06. The number of hydrogen-bond donors (Lipinski definition) is 0. The topological polar surface area (TPSA) is 3.24 Å². The third kappa shape index (κ3) is 3.81. The molecule has 1 heteroatoms. The third-order valence-electron chi connectivity index (χ3n) is 12.0. The van der Waals surface area contributed by atoms with Crippen molar-refractivity contribution in [2.24, 2.45) is 17.3 Å². The van der Waals surface area contributed by atoms with Gasteiger partial charge in [-0.1, -0.05) is 132 Å². The van der Waals surface area contributed by atoms with Gasteiger partial charge in [-0.25, -0.2) is 0 Å². The Labute approximate surface area is 254 Å². The molecule has 0 N–H and O–H groups in total. The molecule has 1 nitrogen and oxygen atoms in total. The van der Waals surface area contributed by atoms with Crippen molar-refractivity contribution >= 4 is 22.5 Å². The van der Waals surface area contributed by atoms with E-state index >= 15 is 0 Å². The van der Waals surface area contributed by atoms with E-state index in [2.05, 4.69) is 138 Å². The fourth-order valence-electron chi connectivity index (χ4n) is 9.70. The van der Waals surface area contributed by atoms with Crippen LogP contribution in [-0.2, 0) is 11.8 Å². The molecule has 218 valence electrons. The van der Waals surface area contributed by atoms with Crippen molar-refractivity contribution in [3.8, 4) is 11.1 Å². The van der Waals surface area contributed by atoms with Crippen molar-refractivity contribution in [1.29, 1.82) is 0 Å². The van der Waals surface area contributed by atoms with E-state index in [9.17, 15) is 0 Å². The zero-order valence-electron chi connectivity index (χ0n) is 26.9. The summed E-state index contributed by atoms with van der Waals surface area (Å²) in [5, 5.41) is 2.82. The van der Waals surface area contributed by atoms with Gasteiger partial charge >= 0.3 is 0 Å². The van der Waals surface area contributed by atoms with E-state index in [1.54, 1.807) is 5.56 Å². The lowest BCUT2D eigenvalue weighted by molar-refractivity contribution is 0.0940. The molecule has 3 aromatic rings. The van der Waals surface area contributed by atoms with E-state index in [-0.39, 0.29) is 21.9 Å². The highest BCUT2D eigenvalue weighted by Gasteiger charge is 2.67. The smallest absolute Gasteiger partial charge is 0.0494 e. The molecule has 0 aromatic heterocycles. The van der Waals surface area contributed by atoms with Crippen LogP contribution < -0.4 is 4.90 Å². The average molecular weight is 556 g/mol. The molecular formula is C41H49N. The third-order valence-corrected chi connectivity index (χ3v) is 12.0. The molecule has 0 spiro atoms. The van der Waals surface area contributed by atoms with Crippen molar-refractivity contribution in [3.05, 3.63) is 95.6 Å². The number of anilines is 1. The van der Waals surface area contributed by atoms with Gasteiger partial charge in [-0.05, 0) is 89.5 Å². The Morgan fingerprint density at radius 3 is 2.29 bits per heavy atom. The largest absolute Gasteiger partial charge is 0.358 e. The van der Waals surface area contributed by atoms with Crippen LogP contribution in [0.25, 0.3) is 28.0 Å². The Bertz CT molecular complexity index is 1630. The number of allylic oxidation sites excluding steroid dienone is 3. The van der Waals surface area contributed by atoms with E-state index in [0.717, 1.165) is 12.8 Å². The normalized spacial score (nSPS) is 32.0. The summed E-state index contributed by atoms with van der Waals surface area (Å²) in [4.78, 5) is 3.02. The molecule has 5 atom stereocenters. The highest BCUT2D eigenvalue weighted by Crippen LogP contribution is 2.67. The van der Waals surface area contributed by atoms with Crippen LogP contribution in [0.15, 0.2) is 78.9 Å². The minimum atomic E-state index is 0.0220. The number of benzene rings is 3. The SMILES string of the molecule is CC1C=Cc2c(c(N3C4(C)CC=CC=CC4C4(C)CCCCC34C)c3ccccc3c2-c2ccc(C(C)(C)C)cc2)C1. The van der Waals surface area contributed by atoms with Gasteiger partial charge in [0.25, 0.3) is 0 Å². The summed E-state index contributed by atoms with van der Waals surface area (Å²) in [5.74, 6) is 1.04. The van der Waals surface area contributed by atoms with Gasteiger partial charge in [-0.2, -0.15) is 0 Å². The summed E-state index contributed by atoms with van der Waals surface area (Å²) in [6.07, 6.45) is 22.0. The maximum atomic E-state index is 3.02. The molecule has 4 aliphatic rings. The molecule has 5 unspecified atom stereocenters. The van der Waals surface area contributed by atoms with Gasteiger partial charge in [0.2, 0.25) is 0 Å². The second kappa shape index (κ2) is 9.47. The Kier molecular flexibility index (Phi) is 6.26. The predicted molar refractivity (Wildman–Crippen MR) is 182 cm³/mol. The van der Waals surface area contributed by atoms with Crippen molar-refractivity contribution in [3.63, 3.8) is 0 Å². The highest BCUT2D eigenvalue weighted by atomic mass is 15.3. The van der Waals surface area contributed by atoms with Gasteiger partial charge in [-0.3, -0.25) is 0 Å². The van der Waals surface area contributed by atoms with E-state index in [1.807, 2.05) is 0 Å². The van der Waals surface area contributed by atoms with Crippen LogP contribution in [0.1, 0.15) is 97.3 Å². The zero-order chi connectivity index (χ0) is 29.5. The van der Waals surface area contributed by atoms with Crippen LogP contribution in [0, 0.1) is 17.3 Å². The predicted octanol–water partition coefficient (Wildman–Crippen LogP) is 11.1. The number of hydrogen-bond acceptors (Lipinski definition) is 1. The summed E-state index contributed by atoms with van der Waals surface area (Å²) in [6.45, 7) is 17.2. The van der Waals surface area contributed by atoms with E-state index in [4.69, 9.17) is 0 Å². The molecule has 1 saturated heterocycles. The minimum Gasteiger partial charge on any atom is -0.358 e. The van der Waals surface area contributed by atoms with Crippen molar-refractivity contribution in [2.45, 2.75) is 103 Å². The van der Waals surface area contributed by atoms with Crippen LogP contribution in [0.3, 0.4) is 0 Å². The fourth-order valence-corrected chi connectivity index (χ4v) is 9.70. The van der Waals surface area contributed by atoms with Gasteiger partial charge < -0.3 is 4.90 Å². The van der Waals surface area contributed by atoms with Crippen LogP contribution in [0.2, 0.25) is 0 Å². The van der Waals surface area contributed by atoms with Gasteiger partial charge in [0, 0.05) is 28.1 Å². The molecule has 7 rings (SSSR count). The van der Waals surface area contributed by atoms with Crippen LogP contribution in [0.5, 0.6) is 0 Å². The molecule has 3 aromatic carbocycles. The fraction of sp³-hybridized carbons (Fsp3) is 0.463. The monoisotopic (exact) mass is 555 g/mol. The molecule has 0 amide bonds. The van der Waals surface area contributed by atoms with Crippen LogP contribution in [-0.4, -0.2) is 11.1 Å². The summed E-state index contributed by atoms with van der Waals surface area (Å²) < 4.78 is 0. The first-order chi connectivity index (χ1) is 20.0. The van der Waals surface area contributed by atoms with Crippen LogP contribution in [0.4, 0.5) is 5.69 Å². The zero-order valence-corrected chi connectivity index (χ0v) is 26.9. The molecule has 0 bridgehead atoms. The van der Waals surface area contributed by atoms with Gasteiger partial charge in [0.15, 0.2) is 0 Å². The lowest BCUT2D eigenvalue weighted by Gasteiger charge is -2.53. The minimum absolute atomic E-state index is 0.0220. The highest BCUT2D eigenvalue weighted by molar-refractivity contribution is 6.09. The lowest BCUT2D eigenvalue weighted by atomic mass is 9.58. The van der Waals surface area contributed by atoms with Crippen molar-refractivity contribution in [2.75, 3.05) is 4.90 Å². The average Bonchev–Trinajstić information content (AvgIpc) is 3.07. The molecule has 1 aliphatic heterocycles. The van der Waals surface area contributed by atoms with E-state index in [0.29, 0.717) is 11.8 Å². The second-order valence-electron chi connectivity index (χ2n) is 15.6. The molecule has 1 heterocycles. The first kappa shape index (κ1) is 27.8. The second-order valence-corrected chi connectivity index (χ2v) is 15.6. The quantitative estimate of drug-likeness (QED) is 0.304. The van der Waals surface area contributed by atoms with Gasteiger partial charge in [0.1, 0.15) is 0 Å². The molecular weight excluding hydrogens is 506 g/mol. The first-order valence-electron chi connectivity index (χ1n) is 16.5. The maximum absolute atomic E-state index is 3.02. The Balaban J connectivity index is 1.55. The molecule has 42 heavy (non-hydrogen) atoms. The van der Waals surface area contributed by atoms with E-state index in [1.165, 1.54) is 64.4 Å². The van der Waals surface area contributed by atoms with Gasteiger partial charge in [-0.15, -0.1) is 0 Å². The number of nitrogens with zero attached hydrogens (tertiary/aromatic N) is 1. The molecule has 2 fully saturated rings. The van der Waals surface area contributed by atoms with Crippen molar-refractivity contribution in [1.82, 2.24) is 0 Å². The summed E-state index contributed by atoms with van der Waals surface area (Å²) in [6, 6.07) is 18.8. The Morgan fingerprint density at radius 1 is 0.833 bits per heavy atom. The summed E-state index contributed by atoms with van der Waals surface area (Å²) in [5.41, 5.74) is 9.15. The molecule has 0 radical (unpaired) electrons. The van der Waals surface area contributed by atoms with E-state index < -0.39 is 0 Å². The Morgan fingerprint density at radius 2 is 1.55 bits per heavy atom.